The summed E-state index contributed by atoms with van der Waals surface area (Å²) in [6.07, 6.45) is 19.4. The lowest BCUT2D eigenvalue weighted by Crippen LogP contribution is -2.04. The molecular weight excluding hydrogens is 360 g/mol. The van der Waals surface area contributed by atoms with E-state index in [4.69, 9.17) is 0 Å². The van der Waals surface area contributed by atoms with E-state index < -0.39 is 0 Å². The smallest absolute Gasteiger partial charge is 0.0134 e. The Morgan fingerprint density at radius 3 is 1.87 bits per heavy atom. The second-order valence-electron chi connectivity index (χ2n) is 10.1. The van der Waals surface area contributed by atoms with Crippen LogP contribution in [0.15, 0.2) is 69.9 Å². The summed E-state index contributed by atoms with van der Waals surface area (Å²) in [7, 11) is 0. The van der Waals surface area contributed by atoms with Gasteiger partial charge in [0.05, 0.1) is 0 Å². The molecule has 30 heavy (non-hydrogen) atoms. The van der Waals surface area contributed by atoms with Gasteiger partial charge in [-0.2, -0.15) is 0 Å². The van der Waals surface area contributed by atoms with Crippen molar-refractivity contribution >= 4 is 0 Å². The highest BCUT2D eigenvalue weighted by Gasteiger charge is 2.12. The molecule has 0 saturated carbocycles. The largest absolute Gasteiger partial charge is 0.0998 e. The predicted octanol–water partition coefficient (Wildman–Crippen LogP) is 10.1. The van der Waals surface area contributed by atoms with E-state index in [1.807, 2.05) is 0 Å². The molecule has 0 radical (unpaired) electrons. The maximum absolute atomic E-state index is 3.97. The van der Waals surface area contributed by atoms with Crippen molar-refractivity contribution < 1.29 is 0 Å². The molecule has 0 N–H and O–H groups in total. The average molecular weight is 409 g/mol. The highest BCUT2D eigenvalue weighted by molar-refractivity contribution is 5.23. The molecule has 3 aliphatic rings. The quantitative estimate of drug-likeness (QED) is 0.399. The molecule has 0 aromatic carbocycles. The van der Waals surface area contributed by atoms with Gasteiger partial charge in [-0.1, -0.05) is 83.7 Å². The molecule has 3 rings (SSSR count). The maximum Gasteiger partial charge on any atom is -0.0134 e. The van der Waals surface area contributed by atoms with Crippen LogP contribution in [0.2, 0.25) is 0 Å². The van der Waals surface area contributed by atoms with Gasteiger partial charge < -0.3 is 0 Å². The van der Waals surface area contributed by atoms with Gasteiger partial charge >= 0.3 is 0 Å². The van der Waals surface area contributed by atoms with Crippen LogP contribution in [0.5, 0.6) is 0 Å². The zero-order valence-electron chi connectivity index (χ0n) is 21.3. The van der Waals surface area contributed by atoms with E-state index in [0.717, 1.165) is 11.8 Å². The Morgan fingerprint density at radius 2 is 1.47 bits per heavy atom. The second kappa shape index (κ2) is 13.7. The summed E-state index contributed by atoms with van der Waals surface area (Å²) in [6, 6.07) is 0. The summed E-state index contributed by atoms with van der Waals surface area (Å²) in [5.41, 5.74) is 10.7. The Bertz CT molecular complexity index is 711. The first-order valence-electron chi connectivity index (χ1n) is 12.1. The number of hydrogen-bond donors (Lipinski definition) is 0. The summed E-state index contributed by atoms with van der Waals surface area (Å²) in [4.78, 5) is 0. The molecule has 168 valence electrons. The van der Waals surface area contributed by atoms with Crippen LogP contribution in [0, 0.1) is 11.8 Å². The fourth-order valence-corrected chi connectivity index (χ4v) is 3.96. The van der Waals surface area contributed by atoms with E-state index in [9.17, 15) is 0 Å². The Balaban J connectivity index is 0.000000225. The van der Waals surface area contributed by atoms with Crippen molar-refractivity contribution in [3.63, 3.8) is 0 Å². The minimum atomic E-state index is 0.740. The summed E-state index contributed by atoms with van der Waals surface area (Å²) >= 11 is 0. The lowest BCUT2D eigenvalue weighted by atomic mass is 9.86. The molecule has 0 heteroatoms. The Labute approximate surface area is 188 Å². The van der Waals surface area contributed by atoms with E-state index >= 15 is 0 Å². The summed E-state index contributed by atoms with van der Waals surface area (Å²) in [6.45, 7) is 21.7. The molecule has 0 spiro atoms. The first-order chi connectivity index (χ1) is 14.1. The van der Waals surface area contributed by atoms with Crippen molar-refractivity contribution in [3.8, 4) is 0 Å². The summed E-state index contributed by atoms with van der Waals surface area (Å²) in [5, 5.41) is 0. The average Bonchev–Trinajstić information content (AvgIpc) is 2.70. The Hall–Kier alpha value is -1.56. The number of rotatable bonds is 2. The van der Waals surface area contributed by atoms with Crippen molar-refractivity contribution in [2.45, 2.75) is 107 Å². The molecule has 3 aliphatic carbocycles. The molecular formula is C30H48. The Morgan fingerprint density at radius 1 is 0.833 bits per heavy atom. The van der Waals surface area contributed by atoms with Gasteiger partial charge in [0.25, 0.3) is 0 Å². The third kappa shape index (κ3) is 10.5. The number of hydrogen-bond acceptors (Lipinski definition) is 0. The van der Waals surface area contributed by atoms with Crippen molar-refractivity contribution in [2.75, 3.05) is 0 Å². The van der Waals surface area contributed by atoms with Crippen LogP contribution in [-0.2, 0) is 0 Å². The van der Waals surface area contributed by atoms with E-state index in [-0.39, 0.29) is 0 Å². The lowest BCUT2D eigenvalue weighted by molar-refractivity contribution is 0.540. The third-order valence-electron chi connectivity index (χ3n) is 6.69. The standard InChI is InChI=1S/3C10H16/c3*1-8(2)10-6-4-9(3)5-7-10/h4H,5-7H2,1-3H3;4,6,8H,5,7H2,1-3H3;4,10H,1,5-7H2,2-3H3. The zero-order chi connectivity index (χ0) is 22.7. The van der Waals surface area contributed by atoms with Gasteiger partial charge in [0.1, 0.15) is 0 Å². The molecule has 0 saturated heterocycles. The van der Waals surface area contributed by atoms with Crippen molar-refractivity contribution in [1.29, 1.82) is 0 Å². The zero-order valence-corrected chi connectivity index (χ0v) is 21.3. The minimum absolute atomic E-state index is 0.740. The van der Waals surface area contributed by atoms with Gasteiger partial charge in [0.15, 0.2) is 0 Å². The second-order valence-corrected chi connectivity index (χ2v) is 10.1. The molecule has 1 atom stereocenters. The highest BCUT2D eigenvalue weighted by atomic mass is 14.2. The topological polar surface area (TPSA) is 0 Å². The first-order valence-corrected chi connectivity index (χ1v) is 12.1. The number of allylic oxidation sites excluding steroid dienone is 11. The normalized spacial score (nSPS) is 21.1. The van der Waals surface area contributed by atoms with Crippen molar-refractivity contribution in [3.05, 3.63) is 69.9 Å². The van der Waals surface area contributed by atoms with Gasteiger partial charge in [-0.05, 0) is 105 Å². The van der Waals surface area contributed by atoms with E-state index in [1.54, 1.807) is 22.3 Å². The molecule has 0 amide bonds. The maximum atomic E-state index is 3.97. The van der Waals surface area contributed by atoms with Crippen molar-refractivity contribution in [1.82, 2.24) is 0 Å². The molecule has 1 unspecified atom stereocenters. The van der Waals surface area contributed by atoms with E-state index in [0.29, 0.717) is 0 Å². The van der Waals surface area contributed by atoms with E-state index in [2.05, 4.69) is 86.3 Å². The fraction of sp³-hybridized carbons (Fsp3) is 0.600. The van der Waals surface area contributed by atoms with Gasteiger partial charge in [0.2, 0.25) is 0 Å². The summed E-state index contributed by atoms with van der Waals surface area (Å²) in [5.74, 6) is 1.51. The lowest BCUT2D eigenvalue weighted by Gasteiger charge is -2.19. The van der Waals surface area contributed by atoms with Crippen LogP contribution in [0.25, 0.3) is 0 Å². The highest BCUT2D eigenvalue weighted by Crippen LogP contribution is 2.27. The van der Waals surface area contributed by atoms with Gasteiger partial charge in [-0.25, -0.2) is 0 Å². The van der Waals surface area contributed by atoms with Gasteiger partial charge in [-0.3, -0.25) is 0 Å². The van der Waals surface area contributed by atoms with Crippen molar-refractivity contribution in [2.24, 2.45) is 11.8 Å². The van der Waals surface area contributed by atoms with Gasteiger partial charge in [0, 0.05) is 0 Å². The molecule has 0 fully saturated rings. The third-order valence-corrected chi connectivity index (χ3v) is 6.69. The Kier molecular flexibility index (Phi) is 12.1. The van der Waals surface area contributed by atoms with Crippen LogP contribution in [-0.4, -0.2) is 0 Å². The molecule has 0 bridgehead atoms. The van der Waals surface area contributed by atoms with Gasteiger partial charge in [-0.15, -0.1) is 0 Å². The minimum Gasteiger partial charge on any atom is -0.0998 e. The molecule has 0 aromatic rings. The predicted molar refractivity (Wildman–Crippen MR) is 138 cm³/mol. The van der Waals surface area contributed by atoms with Crippen LogP contribution in [0.1, 0.15) is 107 Å². The van der Waals surface area contributed by atoms with E-state index in [1.165, 1.54) is 68.1 Å². The van der Waals surface area contributed by atoms with Crippen LogP contribution < -0.4 is 0 Å². The molecule has 0 aliphatic heterocycles. The molecule has 0 nitrogen and oxygen atoms in total. The molecule has 0 heterocycles. The van der Waals surface area contributed by atoms with Crippen LogP contribution in [0.4, 0.5) is 0 Å². The summed E-state index contributed by atoms with van der Waals surface area (Å²) < 4.78 is 0. The monoisotopic (exact) mass is 408 g/mol. The SMILES string of the molecule is C=C(C)C1CC=C(C)CC1.CC1=CC=C(C(C)C)CC1.CC1=CCC(=C(C)C)CC1. The van der Waals surface area contributed by atoms with Crippen LogP contribution in [0.3, 0.4) is 0 Å². The fourth-order valence-electron chi connectivity index (χ4n) is 3.96. The van der Waals surface area contributed by atoms with Crippen LogP contribution >= 0.6 is 0 Å². The molecule has 0 aromatic heterocycles. The first kappa shape index (κ1) is 26.5.